The summed E-state index contributed by atoms with van der Waals surface area (Å²) in [7, 11) is 0. The first-order chi connectivity index (χ1) is 8.72. The highest BCUT2D eigenvalue weighted by molar-refractivity contribution is 5.07. The van der Waals surface area contributed by atoms with E-state index in [4.69, 9.17) is 10.5 Å². The van der Waals surface area contributed by atoms with Crippen LogP contribution in [-0.4, -0.2) is 35.4 Å². The van der Waals surface area contributed by atoms with E-state index in [0.29, 0.717) is 18.7 Å². The second-order valence-corrected chi connectivity index (χ2v) is 5.15. The molecule has 1 aromatic rings. The van der Waals surface area contributed by atoms with Crippen LogP contribution in [0.15, 0.2) is 12.5 Å². The highest BCUT2D eigenvalue weighted by atomic mass is 16.5. The monoisotopic (exact) mass is 252 g/mol. The summed E-state index contributed by atoms with van der Waals surface area (Å²) >= 11 is 0. The molecule has 2 rings (SSSR count). The number of nitrogens with one attached hydrogen (secondary N) is 1. The molecule has 2 unspecified atom stereocenters. The molecule has 5 nitrogen and oxygen atoms in total. The Labute approximate surface area is 109 Å². The minimum absolute atomic E-state index is 0.152. The van der Waals surface area contributed by atoms with Crippen LogP contribution in [0.5, 0.6) is 0 Å². The summed E-state index contributed by atoms with van der Waals surface area (Å²) in [5, 5.41) is 3.50. The molecule has 2 heterocycles. The molecular formula is C13H24N4O. The molecule has 1 aliphatic heterocycles. The van der Waals surface area contributed by atoms with Crippen molar-refractivity contribution in [3.05, 3.63) is 18.2 Å². The minimum Gasteiger partial charge on any atom is -0.377 e. The third-order valence-corrected chi connectivity index (χ3v) is 3.46. The quantitative estimate of drug-likeness (QED) is 0.799. The van der Waals surface area contributed by atoms with E-state index < -0.39 is 0 Å². The Balaban J connectivity index is 1.96. The predicted molar refractivity (Wildman–Crippen MR) is 71.4 cm³/mol. The number of hydrogen-bond donors (Lipinski definition) is 2. The Morgan fingerprint density at radius 2 is 2.44 bits per heavy atom. The van der Waals surface area contributed by atoms with Crippen molar-refractivity contribution in [2.75, 3.05) is 19.7 Å². The van der Waals surface area contributed by atoms with Gasteiger partial charge in [-0.15, -0.1) is 0 Å². The van der Waals surface area contributed by atoms with Gasteiger partial charge >= 0.3 is 0 Å². The van der Waals surface area contributed by atoms with Crippen molar-refractivity contribution in [3.8, 4) is 0 Å². The van der Waals surface area contributed by atoms with E-state index in [2.05, 4.69) is 28.7 Å². The van der Waals surface area contributed by atoms with Gasteiger partial charge in [-0.25, -0.2) is 4.98 Å². The molecule has 5 heteroatoms. The van der Waals surface area contributed by atoms with E-state index in [-0.39, 0.29) is 6.04 Å². The number of hydrogen-bond acceptors (Lipinski definition) is 4. The predicted octanol–water partition coefficient (Wildman–Crippen LogP) is 1.23. The molecule has 0 radical (unpaired) electrons. The van der Waals surface area contributed by atoms with Crippen LogP contribution in [-0.2, 0) is 4.74 Å². The zero-order valence-corrected chi connectivity index (χ0v) is 11.3. The van der Waals surface area contributed by atoms with Crippen molar-refractivity contribution in [1.29, 1.82) is 0 Å². The smallest absolute Gasteiger partial charge is 0.0951 e. The molecule has 102 valence electrons. The average molecular weight is 252 g/mol. The molecule has 1 fully saturated rings. The summed E-state index contributed by atoms with van der Waals surface area (Å²) in [4.78, 5) is 4.23. The molecule has 1 saturated heterocycles. The van der Waals surface area contributed by atoms with Gasteiger partial charge in [0, 0.05) is 31.9 Å². The Bertz CT molecular complexity index is 358. The van der Waals surface area contributed by atoms with Crippen LogP contribution in [0.1, 0.15) is 44.5 Å². The van der Waals surface area contributed by atoms with Gasteiger partial charge in [0.2, 0.25) is 0 Å². The van der Waals surface area contributed by atoms with E-state index >= 15 is 0 Å². The van der Waals surface area contributed by atoms with Crippen LogP contribution in [0, 0.1) is 0 Å². The van der Waals surface area contributed by atoms with Crippen molar-refractivity contribution in [1.82, 2.24) is 14.9 Å². The lowest BCUT2D eigenvalue weighted by atomic mass is 10.1. The van der Waals surface area contributed by atoms with Gasteiger partial charge in [0.1, 0.15) is 0 Å². The lowest BCUT2D eigenvalue weighted by Gasteiger charge is -2.22. The van der Waals surface area contributed by atoms with Crippen molar-refractivity contribution in [2.45, 2.75) is 44.9 Å². The molecule has 2 atom stereocenters. The van der Waals surface area contributed by atoms with Crippen molar-refractivity contribution in [3.63, 3.8) is 0 Å². The lowest BCUT2D eigenvalue weighted by Crippen LogP contribution is -2.35. The van der Waals surface area contributed by atoms with Crippen LogP contribution in [0.3, 0.4) is 0 Å². The number of ether oxygens (including phenoxy) is 1. The fraction of sp³-hybridized carbons (Fsp3) is 0.769. The Morgan fingerprint density at radius 1 is 1.61 bits per heavy atom. The maximum absolute atomic E-state index is 5.87. The number of nitrogens with zero attached hydrogens (tertiary/aromatic N) is 2. The summed E-state index contributed by atoms with van der Waals surface area (Å²) < 4.78 is 7.78. The van der Waals surface area contributed by atoms with E-state index in [0.717, 1.165) is 25.3 Å². The van der Waals surface area contributed by atoms with Crippen molar-refractivity contribution >= 4 is 0 Å². The van der Waals surface area contributed by atoms with Crippen molar-refractivity contribution < 1.29 is 4.74 Å². The highest BCUT2D eigenvalue weighted by Gasteiger charge is 2.20. The van der Waals surface area contributed by atoms with E-state index in [1.165, 1.54) is 6.42 Å². The van der Waals surface area contributed by atoms with Crippen LogP contribution in [0.25, 0.3) is 0 Å². The maximum Gasteiger partial charge on any atom is 0.0951 e. The zero-order chi connectivity index (χ0) is 13.0. The van der Waals surface area contributed by atoms with Gasteiger partial charge in [0.25, 0.3) is 0 Å². The number of rotatable bonds is 6. The third kappa shape index (κ3) is 3.10. The van der Waals surface area contributed by atoms with Gasteiger partial charge in [-0.3, -0.25) is 0 Å². The molecular weight excluding hydrogens is 228 g/mol. The van der Waals surface area contributed by atoms with Gasteiger partial charge in [0.15, 0.2) is 0 Å². The number of nitrogens with two attached hydrogens (primary N) is 1. The molecule has 1 aromatic heterocycles. The average Bonchev–Trinajstić information content (AvgIpc) is 2.99. The lowest BCUT2D eigenvalue weighted by molar-refractivity contribution is 0.107. The molecule has 0 amide bonds. The fourth-order valence-electron chi connectivity index (χ4n) is 2.40. The Kier molecular flexibility index (Phi) is 4.74. The number of aromatic nitrogens is 2. The van der Waals surface area contributed by atoms with Crippen LogP contribution in [0.4, 0.5) is 0 Å². The molecule has 3 N–H and O–H groups in total. The van der Waals surface area contributed by atoms with Gasteiger partial charge < -0.3 is 20.4 Å². The van der Waals surface area contributed by atoms with Gasteiger partial charge in [-0.1, -0.05) is 0 Å². The maximum atomic E-state index is 5.87. The molecule has 18 heavy (non-hydrogen) atoms. The van der Waals surface area contributed by atoms with Crippen LogP contribution < -0.4 is 11.1 Å². The van der Waals surface area contributed by atoms with Crippen molar-refractivity contribution in [2.24, 2.45) is 5.73 Å². The van der Waals surface area contributed by atoms with E-state index in [9.17, 15) is 0 Å². The summed E-state index contributed by atoms with van der Waals surface area (Å²) in [6.45, 7) is 6.64. The molecule has 0 bridgehead atoms. The topological polar surface area (TPSA) is 65.1 Å². The standard InChI is InChI=1S/C13H24N4O/c1-10(2)17-9-15-8-13(17)12(6-14)16-7-11-4-3-5-18-11/h8-12,16H,3-7,14H2,1-2H3. The Hall–Kier alpha value is -0.910. The summed E-state index contributed by atoms with van der Waals surface area (Å²) in [5.74, 6) is 0. The number of imidazole rings is 1. The normalized spacial score (nSPS) is 21.7. The molecule has 0 aromatic carbocycles. The molecule has 0 aliphatic carbocycles. The largest absolute Gasteiger partial charge is 0.377 e. The first-order valence-corrected chi connectivity index (χ1v) is 6.79. The molecule has 1 aliphatic rings. The van der Waals surface area contributed by atoms with Crippen LogP contribution >= 0.6 is 0 Å². The SMILES string of the molecule is CC(C)n1cncc1C(CN)NCC1CCCO1. The summed E-state index contributed by atoms with van der Waals surface area (Å²) in [6.07, 6.45) is 6.43. The zero-order valence-electron chi connectivity index (χ0n) is 11.3. The third-order valence-electron chi connectivity index (χ3n) is 3.46. The highest BCUT2D eigenvalue weighted by Crippen LogP contribution is 2.17. The first-order valence-electron chi connectivity index (χ1n) is 6.79. The van der Waals surface area contributed by atoms with Gasteiger partial charge in [-0.2, -0.15) is 0 Å². The molecule has 0 saturated carbocycles. The van der Waals surface area contributed by atoms with E-state index in [1.54, 1.807) is 0 Å². The molecule has 0 spiro atoms. The van der Waals surface area contributed by atoms with Gasteiger partial charge in [0.05, 0.1) is 24.2 Å². The first kappa shape index (κ1) is 13.5. The van der Waals surface area contributed by atoms with Gasteiger partial charge in [-0.05, 0) is 26.7 Å². The second-order valence-electron chi connectivity index (χ2n) is 5.15. The second kappa shape index (κ2) is 6.31. The van der Waals surface area contributed by atoms with Crippen LogP contribution in [0.2, 0.25) is 0 Å². The minimum atomic E-state index is 0.152. The van der Waals surface area contributed by atoms with E-state index in [1.807, 2.05) is 12.5 Å². The summed E-state index contributed by atoms with van der Waals surface area (Å²) in [5.41, 5.74) is 7.03. The Morgan fingerprint density at radius 3 is 3.06 bits per heavy atom. The fourth-order valence-corrected chi connectivity index (χ4v) is 2.40. The summed E-state index contributed by atoms with van der Waals surface area (Å²) in [6, 6.07) is 0.556.